The molecule has 0 aliphatic carbocycles. The van der Waals surface area contributed by atoms with E-state index in [-0.39, 0.29) is 11.9 Å². The molecule has 21 heavy (non-hydrogen) atoms. The summed E-state index contributed by atoms with van der Waals surface area (Å²) in [4.78, 5) is 12.3. The molecule has 2 aromatic rings. The maximum atomic E-state index is 12.3. The van der Waals surface area contributed by atoms with Crippen molar-refractivity contribution in [3.05, 3.63) is 58.6 Å². The molecule has 0 spiro atoms. The predicted octanol–water partition coefficient (Wildman–Crippen LogP) is 3.19. The number of nitrogens with zero attached hydrogens (tertiary/aromatic N) is 1. The van der Waals surface area contributed by atoms with E-state index >= 15 is 0 Å². The Hall–Kier alpha value is -2.51. The van der Waals surface area contributed by atoms with Crippen molar-refractivity contribution in [1.29, 1.82) is 5.26 Å². The van der Waals surface area contributed by atoms with Gasteiger partial charge in [0.25, 0.3) is 0 Å². The van der Waals surface area contributed by atoms with Gasteiger partial charge in [0, 0.05) is 12.1 Å². The summed E-state index contributed by atoms with van der Waals surface area (Å²) in [7, 11) is 0. The van der Waals surface area contributed by atoms with Crippen LogP contribution in [0.4, 0.5) is 11.4 Å². The molecule has 4 nitrogen and oxygen atoms in total. The highest BCUT2D eigenvalue weighted by Crippen LogP contribution is 2.27. The summed E-state index contributed by atoms with van der Waals surface area (Å²) < 4.78 is 0. The van der Waals surface area contributed by atoms with Crippen LogP contribution < -0.4 is 10.6 Å². The molecular weight excluding hydrogens is 286 g/mol. The lowest BCUT2D eigenvalue weighted by molar-refractivity contribution is -0.116. The van der Waals surface area contributed by atoms with Gasteiger partial charge in [-0.1, -0.05) is 29.8 Å². The van der Waals surface area contributed by atoms with E-state index in [1.807, 2.05) is 30.3 Å². The third-order valence-electron chi connectivity index (χ3n) is 3.44. The van der Waals surface area contributed by atoms with E-state index in [1.54, 1.807) is 18.2 Å². The fourth-order valence-electron chi connectivity index (χ4n) is 2.37. The molecule has 0 aromatic heterocycles. The Morgan fingerprint density at radius 2 is 2.14 bits per heavy atom. The van der Waals surface area contributed by atoms with Gasteiger partial charge in [-0.3, -0.25) is 4.79 Å². The van der Waals surface area contributed by atoms with Crippen LogP contribution in [0.15, 0.2) is 42.5 Å². The first-order valence-electron chi connectivity index (χ1n) is 6.52. The van der Waals surface area contributed by atoms with E-state index < -0.39 is 0 Å². The lowest BCUT2D eigenvalue weighted by Gasteiger charge is -2.13. The number of halogens is 1. The molecule has 104 valence electrons. The highest BCUT2D eigenvalue weighted by atomic mass is 35.5. The molecule has 2 N–H and O–H groups in total. The number of carbonyl (C=O) groups is 1. The summed E-state index contributed by atoms with van der Waals surface area (Å²) in [5.41, 5.74) is 3.01. The molecule has 1 heterocycles. The zero-order chi connectivity index (χ0) is 14.8. The lowest BCUT2D eigenvalue weighted by Crippen LogP contribution is -2.32. The summed E-state index contributed by atoms with van der Waals surface area (Å²) >= 11 is 6.05. The SMILES string of the molecule is N#Cc1ccc(Cl)c(NC(=O)C2Cc3ccccc3N2)c1. The van der Waals surface area contributed by atoms with Crippen molar-refractivity contribution in [1.82, 2.24) is 0 Å². The van der Waals surface area contributed by atoms with Crippen molar-refractivity contribution >= 4 is 28.9 Å². The number of carbonyl (C=O) groups excluding carboxylic acids is 1. The number of benzene rings is 2. The van der Waals surface area contributed by atoms with Crippen LogP contribution in [-0.2, 0) is 11.2 Å². The van der Waals surface area contributed by atoms with Crippen molar-refractivity contribution in [3.63, 3.8) is 0 Å². The molecule has 1 amide bonds. The number of nitrogens with one attached hydrogen (secondary N) is 2. The van der Waals surface area contributed by atoms with Gasteiger partial charge in [-0.05, 0) is 29.8 Å². The first-order valence-corrected chi connectivity index (χ1v) is 6.90. The summed E-state index contributed by atoms with van der Waals surface area (Å²) in [5.74, 6) is -0.164. The van der Waals surface area contributed by atoms with Gasteiger partial charge >= 0.3 is 0 Å². The second-order valence-corrected chi connectivity index (χ2v) is 5.26. The molecular formula is C16H12ClN3O. The van der Waals surface area contributed by atoms with Gasteiger partial charge in [0.2, 0.25) is 5.91 Å². The first kappa shape index (κ1) is 13.5. The van der Waals surface area contributed by atoms with Gasteiger partial charge in [-0.2, -0.15) is 5.26 Å². The molecule has 0 saturated heterocycles. The number of rotatable bonds is 2. The lowest BCUT2D eigenvalue weighted by atomic mass is 10.1. The average Bonchev–Trinajstić information content (AvgIpc) is 2.93. The fraction of sp³-hybridized carbons (Fsp3) is 0.125. The molecule has 3 rings (SSSR count). The minimum Gasteiger partial charge on any atom is -0.373 e. The van der Waals surface area contributed by atoms with E-state index in [1.165, 1.54) is 0 Å². The number of hydrogen-bond acceptors (Lipinski definition) is 3. The number of nitriles is 1. The molecule has 0 radical (unpaired) electrons. The van der Waals surface area contributed by atoms with Crippen molar-refractivity contribution in [3.8, 4) is 6.07 Å². The van der Waals surface area contributed by atoms with Crippen LogP contribution in [0, 0.1) is 11.3 Å². The number of fused-ring (bicyclic) bond motifs is 1. The highest BCUT2D eigenvalue weighted by molar-refractivity contribution is 6.33. The van der Waals surface area contributed by atoms with Gasteiger partial charge in [0.05, 0.1) is 22.3 Å². The highest BCUT2D eigenvalue weighted by Gasteiger charge is 2.26. The van der Waals surface area contributed by atoms with Crippen molar-refractivity contribution in [2.24, 2.45) is 0 Å². The maximum Gasteiger partial charge on any atom is 0.247 e. The number of hydrogen-bond donors (Lipinski definition) is 2. The normalized spacial score (nSPS) is 15.7. The van der Waals surface area contributed by atoms with Crippen molar-refractivity contribution < 1.29 is 4.79 Å². The van der Waals surface area contributed by atoms with Crippen molar-refractivity contribution in [2.75, 3.05) is 10.6 Å². The maximum absolute atomic E-state index is 12.3. The number of para-hydroxylation sites is 1. The third kappa shape index (κ3) is 2.69. The van der Waals surface area contributed by atoms with E-state index in [0.29, 0.717) is 22.7 Å². The fourth-order valence-corrected chi connectivity index (χ4v) is 2.53. The minimum absolute atomic E-state index is 0.164. The second kappa shape index (κ2) is 5.47. The Bertz CT molecular complexity index is 726. The van der Waals surface area contributed by atoms with E-state index in [9.17, 15) is 4.79 Å². The molecule has 5 heteroatoms. The summed E-state index contributed by atoms with van der Waals surface area (Å²) in [6, 6.07) is 14.3. The average molecular weight is 298 g/mol. The first-order chi connectivity index (χ1) is 10.2. The summed E-state index contributed by atoms with van der Waals surface area (Å²) in [6.07, 6.45) is 0.636. The topological polar surface area (TPSA) is 64.9 Å². The summed E-state index contributed by atoms with van der Waals surface area (Å²) in [6.45, 7) is 0. The van der Waals surface area contributed by atoms with Crippen LogP contribution in [0.2, 0.25) is 5.02 Å². The van der Waals surface area contributed by atoms with E-state index in [4.69, 9.17) is 16.9 Å². The third-order valence-corrected chi connectivity index (χ3v) is 3.77. The van der Waals surface area contributed by atoms with Crippen LogP contribution >= 0.6 is 11.6 Å². The molecule has 0 saturated carbocycles. The molecule has 0 fully saturated rings. The molecule has 2 aromatic carbocycles. The Kier molecular flexibility index (Phi) is 3.51. The molecule has 0 bridgehead atoms. The van der Waals surface area contributed by atoms with Gasteiger partial charge in [0.15, 0.2) is 0 Å². The van der Waals surface area contributed by atoms with Gasteiger partial charge in [0.1, 0.15) is 6.04 Å². The van der Waals surface area contributed by atoms with E-state index in [2.05, 4.69) is 10.6 Å². The Labute approximate surface area is 127 Å². The zero-order valence-corrected chi connectivity index (χ0v) is 11.8. The Morgan fingerprint density at radius 3 is 2.90 bits per heavy atom. The predicted molar refractivity (Wildman–Crippen MR) is 82.4 cm³/mol. The molecule has 1 atom stereocenters. The van der Waals surface area contributed by atoms with Crippen LogP contribution in [0.3, 0.4) is 0 Å². The van der Waals surface area contributed by atoms with Gasteiger partial charge < -0.3 is 10.6 Å². The second-order valence-electron chi connectivity index (χ2n) is 4.85. The summed E-state index contributed by atoms with van der Waals surface area (Å²) in [5, 5.41) is 15.3. The van der Waals surface area contributed by atoms with Gasteiger partial charge in [-0.25, -0.2) is 0 Å². The molecule has 1 aliphatic heterocycles. The molecule has 1 aliphatic rings. The Balaban J connectivity index is 1.75. The monoisotopic (exact) mass is 297 g/mol. The van der Waals surface area contributed by atoms with E-state index in [0.717, 1.165) is 11.3 Å². The van der Waals surface area contributed by atoms with Crippen molar-refractivity contribution in [2.45, 2.75) is 12.5 Å². The number of anilines is 2. The largest absolute Gasteiger partial charge is 0.373 e. The van der Waals surface area contributed by atoms with Crippen LogP contribution in [-0.4, -0.2) is 11.9 Å². The Morgan fingerprint density at radius 1 is 1.33 bits per heavy atom. The van der Waals surface area contributed by atoms with Crippen LogP contribution in [0.25, 0.3) is 0 Å². The van der Waals surface area contributed by atoms with Crippen LogP contribution in [0.5, 0.6) is 0 Å². The minimum atomic E-state index is -0.329. The quantitative estimate of drug-likeness (QED) is 0.894. The van der Waals surface area contributed by atoms with Crippen LogP contribution in [0.1, 0.15) is 11.1 Å². The smallest absolute Gasteiger partial charge is 0.247 e. The standard InChI is InChI=1S/C16H12ClN3O/c17-12-6-5-10(9-18)7-14(12)20-16(21)15-8-11-3-1-2-4-13(11)19-15/h1-7,15,19H,8H2,(H,20,21). The zero-order valence-electron chi connectivity index (χ0n) is 11.1. The molecule has 1 unspecified atom stereocenters. The number of amides is 1. The van der Waals surface area contributed by atoms with Gasteiger partial charge in [-0.15, -0.1) is 0 Å².